The molecule has 204 valence electrons. The Hall–Kier alpha value is -3.55. The van der Waals surface area contributed by atoms with Gasteiger partial charge in [-0.2, -0.15) is 31.4 Å². The topological polar surface area (TPSA) is 81.5 Å². The SMILES string of the molecule is CS(=O)(=O)CCC(=O)N1CCc2ccc(Oc3ccc(C(F)(F)F)cc3)c(-n3cc(C(F)(F)F)cn3)c2C1. The summed E-state index contributed by atoms with van der Waals surface area (Å²) < 4.78 is 108. The van der Waals surface area contributed by atoms with E-state index in [2.05, 4.69) is 5.10 Å². The Balaban J connectivity index is 1.74. The quantitative estimate of drug-likeness (QED) is 0.395. The predicted octanol–water partition coefficient (Wildman–Crippen LogP) is 5.02. The molecule has 2 heterocycles. The van der Waals surface area contributed by atoms with Crippen LogP contribution in [0, 0.1) is 0 Å². The molecule has 14 heteroatoms. The molecule has 0 saturated carbocycles. The minimum absolute atomic E-state index is 0.000652. The fourth-order valence-corrected chi connectivity index (χ4v) is 4.55. The van der Waals surface area contributed by atoms with Gasteiger partial charge in [0.2, 0.25) is 5.91 Å². The number of amides is 1. The van der Waals surface area contributed by atoms with E-state index >= 15 is 0 Å². The average Bonchev–Trinajstić information content (AvgIpc) is 3.32. The number of sulfone groups is 1. The molecule has 0 saturated heterocycles. The number of rotatable bonds is 6. The lowest BCUT2D eigenvalue weighted by Gasteiger charge is -2.31. The van der Waals surface area contributed by atoms with Crippen LogP contribution in [0.5, 0.6) is 11.5 Å². The van der Waals surface area contributed by atoms with E-state index in [0.29, 0.717) is 23.7 Å². The first-order valence-electron chi connectivity index (χ1n) is 11.2. The van der Waals surface area contributed by atoms with Gasteiger partial charge >= 0.3 is 12.4 Å². The summed E-state index contributed by atoms with van der Waals surface area (Å²) in [5.41, 5.74) is -0.729. The van der Waals surface area contributed by atoms with Crippen LogP contribution in [0.4, 0.5) is 26.3 Å². The number of halogens is 6. The summed E-state index contributed by atoms with van der Waals surface area (Å²) in [4.78, 5) is 14.1. The fourth-order valence-electron chi connectivity index (χ4n) is 4.00. The number of benzene rings is 2. The zero-order chi connectivity index (χ0) is 27.9. The molecule has 0 atom stereocenters. The molecule has 0 bridgehead atoms. The van der Waals surface area contributed by atoms with E-state index in [-0.39, 0.29) is 42.4 Å². The van der Waals surface area contributed by atoms with E-state index in [4.69, 9.17) is 4.74 Å². The van der Waals surface area contributed by atoms with Crippen LogP contribution in [-0.2, 0) is 39.9 Å². The Labute approximate surface area is 213 Å². The van der Waals surface area contributed by atoms with E-state index in [1.54, 1.807) is 6.07 Å². The standard InChI is InChI=1S/C24H21F6N3O4S/c1-38(35,36)11-9-21(34)32-10-8-15-2-7-20(37-18-5-3-16(4-6-18)23(25,26)27)22(19(15)14-32)33-13-17(12-31-33)24(28,29)30/h2-7,12-13H,8-11,14H2,1H3. The van der Waals surface area contributed by atoms with E-state index < -0.39 is 39.2 Å². The van der Waals surface area contributed by atoms with Crippen molar-refractivity contribution in [2.24, 2.45) is 0 Å². The third-order valence-corrected chi connectivity index (χ3v) is 6.88. The van der Waals surface area contributed by atoms with Gasteiger partial charge in [0.25, 0.3) is 0 Å². The number of ether oxygens (including phenoxy) is 1. The number of hydrogen-bond donors (Lipinski definition) is 0. The summed E-state index contributed by atoms with van der Waals surface area (Å²) in [5.74, 6) is -0.796. The zero-order valence-corrected chi connectivity index (χ0v) is 20.6. The number of aromatic nitrogens is 2. The Morgan fingerprint density at radius 2 is 1.66 bits per heavy atom. The lowest BCUT2D eigenvalue weighted by atomic mass is 9.97. The number of nitrogens with zero attached hydrogens (tertiary/aromatic N) is 3. The van der Waals surface area contributed by atoms with Gasteiger partial charge in [-0.1, -0.05) is 6.07 Å². The summed E-state index contributed by atoms with van der Waals surface area (Å²) in [6.45, 7) is 0.208. The van der Waals surface area contributed by atoms with Gasteiger partial charge in [-0.15, -0.1) is 0 Å². The highest BCUT2D eigenvalue weighted by molar-refractivity contribution is 7.90. The Bertz CT molecular complexity index is 1450. The maximum atomic E-state index is 13.3. The molecule has 1 aromatic heterocycles. The highest BCUT2D eigenvalue weighted by Gasteiger charge is 2.34. The molecular weight excluding hydrogens is 540 g/mol. The van der Waals surface area contributed by atoms with Crippen LogP contribution < -0.4 is 4.74 Å². The van der Waals surface area contributed by atoms with Crippen LogP contribution in [0.25, 0.3) is 5.69 Å². The molecule has 1 aliphatic heterocycles. The van der Waals surface area contributed by atoms with Crippen molar-refractivity contribution in [2.45, 2.75) is 31.7 Å². The van der Waals surface area contributed by atoms with Gasteiger partial charge < -0.3 is 9.64 Å². The molecule has 4 rings (SSSR count). The molecule has 1 amide bonds. The molecule has 0 spiro atoms. The zero-order valence-electron chi connectivity index (χ0n) is 19.8. The minimum Gasteiger partial charge on any atom is -0.455 e. The van der Waals surface area contributed by atoms with Gasteiger partial charge in [0.05, 0.1) is 23.1 Å². The van der Waals surface area contributed by atoms with Crippen molar-refractivity contribution < 1.29 is 44.3 Å². The lowest BCUT2D eigenvalue weighted by molar-refractivity contribution is -0.138. The number of alkyl halides is 6. The predicted molar refractivity (Wildman–Crippen MR) is 124 cm³/mol. The third kappa shape index (κ3) is 6.29. The van der Waals surface area contributed by atoms with Gasteiger partial charge in [-0.3, -0.25) is 4.79 Å². The van der Waals surface area contributed by atoms with Crippen LogP contribution in [-0.4, -0.2) is 47.6 Å². The van der Waals surface area contributed by atoms with Crippen molar-refractivity contribution in [3.05, 3.63) is 71.0 Å². The lowest BCUT2D eigenvalue weighted by Crippen LogP contribution is -2.37. The van der Waals surface area contributed by atoms with Crippen LogP contribution in [0.3, 0.4) is 0 Å². The second-order valence-electron chi connectivity index (χ2n) is 8.79. The van der Waals surface area contributed by atoms with E-state index in [1.807, 2.05) is 0 Å². The smallest absolute Gasteiger partial charge is 0.419 e. The number of fused-ring (bicyclic) bond motifs is 1. The van der Waals surface area contributed by atoms with E-state index in [9.17, 15) is 39.6 Å². The fraction of sp³-hybridized carbons (Fsp3) is 0.333. The first-order valence-corrected chi connectivity index (χ1v) is 13.3. The second kappa shape index (κ2) is 9.97. The minimum atomic E-state index is -4.69. The van der Waals surface area contributed by atoms with Crippen molar-refractivity contribution in [1.29, 1.82) is 0 Å². The summed E-state index contributed by atoms with van der Waals surface area (Å²) in [6.07, 6.45) is -6.80. The van der Waals surface area contributed by atoms with Gasteiger partial charge in [-0.05, 0) is 42.3 Å². The summed E-state index contributed by atoms with van der Waals surface area (Å²) >= 11 is 0. The average molecular weight is 562 g/mol. The maximum Gasteiger partial charge on any atom is 0.419 e. The van der Waals surface area contributed by atoms with Gasteiger partial charge in [-0.25, -0.2) is 13.1 Å². The van der Waals surface area contributed by atoms with E-state index in [1.165, 1.54) is 11.0 Å². The van der Waals surface area contributed by atoms with Crippen molar-refractivity contribution in [2.75, 3.05) is 18.6 Å². The highest BCUT2D eigenvalue weighted by atomic mass is 32.2. The highest BCUT2D eigenvalue weighted by Crippen LogP contribution is 2.38. The summed E-state index contributed by atoms with van der Waals surface area (Å²) in [5, 5.41) is 3.83. The van der Waals surface area contributed by atoms with Gasteiger partial charge in [0, 0.05) is 37.5 Å². The van der Waals surface area contributed by atoms with Crippen molar-refractivity contribution in [1.82, 2.24) is 14.7 Å². The monoisotopic (exact) mass is 561 g/mol. The van der Waals surface area contributed by atoms with Crippen LogP contribution in [0.2, 0.25) is 0 Å². The van der Waals surface area contributed by atoms with Crippen LogP contribution in [0.15, 0.2) is 48.8 Å². The van der Waals surface area contributed by atoms with Gasteiger partial charge in [0.15, 0.2) is 5.75 Å². The molecule has 3 aromatic rings. The first kappa shape index (κ1) is 27.5. The van der Waals surface area contributed by atoms with Crippen molar-refractivity contribution >= 4 is 15.7 Å². The van der Waals surface area contributed by atoms with Gasteiger partial charge in [0.1, 0.15) is 21.3 Å². The molecule has 7 nitrogen and oxygen atoms in total. The summed E-state index contributed by atoms with van der Waals surface area (Å²) in [6, 6.07) is 6.91. The molecule has 2 aromatic carbocycles. The van der Waals surface area contributed by atoms with Crippen LogP contribution >= 0.6 is 0 Å². The Morgan fingerprint density at radius 1 is 1.00 bits per heavy atom. The van der Waals surface area contributed by atoms with Crippen molar-refractivity contribution in [3.63, 3.8) is 0 Å². The Morgan fingerprint density at radius 3 is 2.24 bits per heavy atom. The molecule has 0 radical (unpaired) electrons. The number of carbonyl (C=O) groups excluding carboxylic acids is 1. The second-order valence-corrected chi connectivity index (χ2v) is 11.1. The largest absolute Gasteiger partial charge is 0.455 e. The molecule has 38 heavy (non-hydrogen) atoms. The molecule has 0 N–H and O–H groups in total. The molecule has 0 aliphatic carbocycles. The normalized spacial score (nSPS) is 14.3. The number of hydrogen-bond acceptors (Lipinski definition) is 5. The van der Waals surface area contributed by atoms with Crippen LogP contribution in [0.1, 0.15) is 28.7 Å². The molecule has 0 unspecified atom stereocenters. The summed E-state index contributed by atoms with van der Waals surface area (Å²) in [7, 11) is -3.39. The number of carbonyl (C=O) groups is 1. The van der Waals surface area contributed by atoms with Crippen molar-refractivity contribution in [3.8, 4) is 17.2 Å². The first-order chi connectivity index (χ1) is 17.6. The Kier molecular flexibility index (Phi) is 7.21. The third-order valence-electron chi connectivity index (χ3n) is 5.93. The van der Waals surface area contributed by atoms with E-state index in [0.717, 1.165) is 41.4 Å². The molecule has 1 aliphatic rings. The molecule has 0 fully saturated rings. The maximum absolute atomic E-state index is 13.3. The molecular formula is C24H21F6N3O4S.